The zero-order valence-electron chi connectivity index (χ0n) is 19.4. The molecule has 1 aromatic carbocycles. The molecule has 0 bridgehead atoms. The van der Waals surface area contributed by atoms with Crippen LogP contribution in [0.15, 0.2) is 47.7 Å². The Bertz CT molecular complexity index is 878. The number of nitrogens with one attached hydrogen (secondary N) is 2. The number of ether oxygens (including phenoxy) is 1. The van der Waals surface area contributed by atoms with Gasteiger partial charge in [0.1, 0.15) is 5.60 Å². The summed E-state index contributed by atoms with van der Waals surface area (Å²) in [6.45, 7) is 10.7. The Kier molecular flexibility index (Phi) is 9.80. The minimum Gasteiger partial charge on any atom is -0.444 e. The van der Waals surface area contributed by atoms with Crippen molar-refractivity contribution in [2.75, 3.05) is 26.2 Å². The van der Waals surface area contributed by atoms with Gasteiger partial charge in [-0.2, -0.15) is 5.10 Å². The molecule has 1 amide bonds. The molecule has 1 unspecified atom stereocenters. The van der Waals surface area contributed by atoms with Crippen molar-refractivity contribution in [2.45, 2.75) is 52.2 Å². The zero-order valence-corrected chi connectivity index (χ0v) is 21.7. The second kappa shape index (κ2) is 12.1. The number of halogens is 1. The molecule has 1 aromatic heterocycles. The molecule has 1 fully saturated rings. The first-order valence-corrected chi connectivity index (χ1v) is 11.0. The number of hydrogen-bond acceptors (Lipinski definition) is 4. The third-order valence-corrected chi connectivity index (χ3v) is 4.86. The molecule has 32 heavy (non-hydrogen) atoms. The van der Waals surface area contributed by atoms with Crippen molar-refractivity contribution >= 4 is 36.0 Å². The van der Waals surface area contributed by atoms with Gasteiger partial charge in [-0.15, -0.1) is 24.0 Å². The molecule has 176 valence electrons. The van der Waals surface area contributed by atoms with Crippen molar-refractivity contribution in [2.24, 2.45) is 4.99 Å². The smallest absolute Gasteiger partial charge is 0.407 e. The number of alkyl carbamates (subject to hydrolysis) is 1. The summed E-state index contributed by atoms with van der Waals surface area (Å²) >= 11 is 0. The molecule has 1 aliphatic rings. The summed E-state index contributed by atoms with van der Waals surface area (Å²) in [5, 5.41) is 10.8. The molecule has 0 saturated carbocycles. The number of nitrogens with zero attached hydrogens (tertiary/aromatic N) is 4. The van der Waals surface area contributed by atoms with Crippen LogP contribution in [0.1, 0.15) is 39.7 Å². The van der Waals surface area contributed by atoms with Gasteiger partial charge in [-0.3, -0.25) is 4.99 Å². The first-order valence-electron chi connectivity index (χ1n) is 11.0. The molecule has 8 nitrogen and oxygen atoms in total. The fraction of sp³-hybridized carbons (Fsp3) is 0.522. The Morgan fingerprint density at radius 1 is 1.28 bits per heavy atom. The van der Waals surface area contributed by atoms with E-state index in [1.165, 1.54) is 0 Å². The molecule has 1 saturated heterocycles. The van der Waals surface area contributed by atoms with E-state index in [4.69, 9.17) is 9.73 Å². The highest BCUT2D eigenvalue weighted by molar-refractivity contribution is 14.0. The van der Waals surface area contributed by atoms with Crippen LogP contribution in [0.2, 0.25) is 0 Å². The fourth-order valence-corrected chi connectivity index (χ4v) is 3.47. The van der Waals surface area contributed by atoms with E-state index >= 15 is 0 Å². The van der Waals surface area contributed by atoms with Gasteiger partial charge < -0.3 is 20.3 Å². The number of carbonyl (C=O) groups excluding carboxylic acids is 1. The van der Waals surface area contributed by atoms with E-state index in [-0.39, 0.29) is 36.1 Å². The van der Waals surface area contributed by atoms with Gasteiger partial charge in [0.2, 0.25) is 0 Å². The van der Waals surface area contributed by atoms with Crippen LogP contribution >= 0.6 is 24.0 Å². The average molecular weight is 554 g/mol. The van der Waals surface area contributed by atoms with E-state index in [1.54, 1.807) is 0 Å². The van der Waals surface area contributed by atoms with Crippen molar-refractivity contribution in [3.8, 4) is 5.69 Å². The van der Waals surface area contributed by atoms with E-state index in [9.17, 15) is 4.79 Å². The number of para-hydroxylation sites is 1. The SMILES string of the molecule is CCNC(=NCCc1cnn(-c2ccccc2)c1)N1CCC(NC(=O)OC(C)(C)C)C1.I. The highest BCUT2D eigenvalue weighted by atomic mass is 127. The van der Waals surface area contributed by atoms with Gasteiger partial charge in [0.15, 0.2) is 5.96 Å². The lowest BCUT2D eigenvalue weighted by molar-refractivity contribution is 0.0507. The van der Waals surface area contributed by atoms with Crippen molar-refractivity contribution < 1.29 is 9.53 Å². The average Bonchev–Trinajstić information content (AvgIpc) is 3.36. The Morgan fingerprint density at radius 3 is 2.72 bits per heavy atom. The summed E-state index contributed by atoms with van der Waals surface area (Å²) in [4.78, 5) is 19.0. The summed E-state index contributed by atoms with van der Waals surface area (Å²) in [5.74, 6) is 0.881. The van der Waals surface area contributed by atoms with Gasteiger partial charge in [0.05, 0.1) is 17.9 Å². The molecule has 1 atom stereocenters. The van der Waals surface area contributed by atoms with E-state index in [2.05, 4.69) is 33.8 Å². The van der Waals surface area contributed by atoms with E-state index in [0.29, 0.717) is 6.54 Å². The number of amides is 1. The quantitative estimate of drug-likeness (QED) is 0.324. The molecule has 0 aliphatic carbocycles. The lowest BCUT2D eigenvalue weighted by Gasteiger charge is -2.23. The summed E-state index contributed by atoms with van der Waals surface area (Å²) < 4.78 is 7.25. The van der Waals surface area contributed by atoms with Crippen LogP contribution in [-0.4, -0.2) is 64.6 Å². The van der Waals surface area contributed by atoms with Gasteiger partial charge in [0.25, 0.3) is 0 Å². The molecular weight excluding hydrogens is 519 g/mol. The Morgan fingerprint density at radius 2 is 2.03 bits per heavy atom. The Balaban J connectivity index is 0.00000363. The molecule has 2 N–H and O–H groups in total. The zero-order chi connectivity index (χ0) is 22.3. The number of likely N-dealkylation sites (tertiary alicyclic amines) is 1. The maximum Gasteiger partial charge on any atom is 0.407 e. The third kappa shape index (κ3) is 7.99. The summed E-state index contributed by atoms with van der Waals surface area (Å²) in [6, 6.07) is 10.1. The van der Waals surface area contributed by atoms with E-state index in [1.807, 2.05) is 62.0 Å². The molecule has 9 heteroatoms. The first-order chi connectivity index (χ1) is 14.8. The number of benzene rings is 1. The standard InChI is InChI=1S/C23H34N6O2.HI/c1-5-24-21(28-14-12-19(17-28)27-22(30)31-23(2,3)4)25-13-11-18-15-26-29(16-18)20-9-7-6-8-10-20;/h6-10,15-16,19H,5,11-14,17H2,1-4H3,(H,24,25)(H,27,30);1H. The second-order valence-electron chi connectivity index (χ2n) is 8.69. The van der Waals surface area contributed by atoms with Crippen molar-refractivity contribution in [1.82, 2.24) is 25.3 Å². The third-order valence-electron chi connectivity index (χ3n) is 4.86. The molecule has 0 radical (unpaired) electrons. The van der Waals surface area contributed by atoms with Gasteiger partial charge in [-0.1, -0.05) is 18.2 Å². The highest BCUT2D eigenvalue weighted by Gasteiger charge is 2.27. The molecular formula is C23H35IN6O2. The van der Waals surface area contributed by atoms with Crippen LogP contribution in [0, 0.1) is 0 Å². The second-order valence-corrected chi connectivity index (χ2v) is 8.69. The van der Waals surface area contributed by atoms with Crippen molar-refractivity contribution in [3.63, 3.8) is 0 Å². The summed E-state index contributed by atoms with van der Waals surface area (Å²) in [5.41, 5.74) is 1.70. The number of carbonyl (C=O) groups is 1. The number of rotatable bonds is 6. The summed E-state index contributed by atoms with van der Waals surface area (Å²) in [7, 11) is 0. The Labute approximate surface area is 207 Å². The van der Waals surface area contributed by atoms with Crippen LogP contribution in [-0.2, 0) is 11.2 Å². The van der Waals surface area contributed by atoms with Gasteiger partial charge in [-0.05, 0) is 58.2 Å². The predicted octanol–water partition coefficient (Wildman–Crippen LogP) is 3.60. The fourth-order valence-electron chi connectivity index (χ4n) is 3.47. The monoisotopic (exact) mass is 554 g/mol. The molecule has 3 rings (SSSR count). The number of guanidine groups is 1. The molecule has 1 aliphatic heterocycles. The van der Waals surface area contributed by atoms with Gasteiger partial charge in [0, 0.05) is 32.4 Å². The molecule has 0 spiro atoms. The topological polar surface area (TPSA) is 83.8 Å². The number of aromatic nitrogens is 2. The first kappa shape index (κ1) is 26.0. The van der Waals surface area contributed by atoms with Crippen LogP contribution in [0.3, 0.4) is 0 Å². The van der Waals surface area contributed by atoms with Crippen LogP contribution < -0.4 is 10.6 Å². The molecule has 2 aromatic rings. The van der Waals surface area contributed by atoms with Crippen LogP contribution in [0.5, 0.6) is 0 Å². The van der Waals surface area contributed by atoms with Crippen molar-refractivity contribution in [3.05, 3.63) is 48.3 Å². The lowest BCUT2D eigenvalue weighted by Crippen LogP contribution is -2.44. The summed E-state index contributed by atoms with van der Waals surface area (Å²) in [6.07, 6.45) is 5.26. The van der Waals surface area contributed by atoms with Crippen LogP contribution in [0.25, 0.3) is 5.69 Å². The molecule has 2 heterocycles. The maximum atomic E-state index is 12.0. The largest absolute Gasteiger partial charge is 0.444 e. The van der Waals surface area contributed by atoms with Gasteiger partial charge in [-0.25, -0.2) is 9.48 Å². The van der Waals surface area contributed by atoms with Crippen molar-refractivity contribution in [1.29, 1.82) is 0 Å². The number of aliphatic imine (C=N–C) groups is 1. The lowest BCUT2D eigenvalue weighted by atomic mass is 10.2. The van der Waals surface area contributed by atoms with E-state index in [0.717, 1.165) is 49.7 Å². The minimum absolute atomic E-state index is 0. The maximum absolute atomic E-state index is 12.0. The van der Waals surface area contributed by atoms with E-state index < -0.39 is 5.60 Å². The normalized spacial score (nSPS) is 16.4. The van der Waals surface area contributed by atoms with Crippen LogP contribution in [0.4, 0.5) is 4.79 Å². The Hall–Kier alpha value is -2.30. The number of hydrogen-bond donors (Lipinski definition) is 2. The minimum atomic E-state index is -0.493. The van der Waals surface area contributed by atoms with Gasteiger partial charge >= 0.3 is 6.09 Å². The predicted molar refractivity (Wildman–Crippen MR) is 138 cm³/mol. The highest BCUT2D eigenvalue weighted by Crippen LogP contribution is 2.13.